The lowest BCUT2D eigenvalue weighted by atomic mass is 10.1. The number of likely N-dealkylation sites (tertiary alicyclic amines) is 1. The Morgan fingerprint density at radius 3 is 2.95 bits per heavy atom. The summed E-state index contributed by atoms with van der Waals surface area (Å²) in [5.74, 6) is 6.84. The molecule has 0 radical (unpaired) electrons. The molecule has 2 N–H and O–H groups in total. The van der Waals surface area contributed by atoms with Gasteiger partial charge in [-0.2, -0.15) is 0 Å². The van der Waals surface area contributed by atoms with Crippen molar-refractivity contribution in [2.75, 3.05) is 26.9 Å². The van der Waals surface area contributed by atoms with Crippen LogP contribution in [0.1, 0.15) is 30.4 Å². The first-order valence-electron chi connectivity index (χ1n) is 7.40. The molecule has 114 valence electrons. The minimum atomic E-state index is 0.0853. The number of benzene rings is 1. The molecule has 1 aliphatic heterocycles. The minimum Gasteiger partial charge on any atom is -0.496 e. The summed E-state index contributed by atoms with van der Waals surface area (Å²) in [6.45, 7) is 2.07. The zero-order chi connectivity index (χ0) is 15.1. The molecule has 4 nitrogen and oxygen atoms in total. The van der Waals surface area contributed by atoms with Crippen LogP contribution in [0.25, 0.3) is 0 Å². The molecule has 1 aliphatic rings. The van der Waals surface area contributed by atoms with Crippen LogP contribution in [0.15, 0.2) is 18.2 Å². The van der Waals surface area contributed by atoms with Crippen LogP contribution in [-0.4, -0.2) is 48.0 Å². The lowest BCUT2D eigenvalue weighted by Crippen LogP contribution is -2.31. The zero-order valence-corrected chi connectivity index (χ0v) is 12.5. The Kier molecular flexibility index (Phi) is 6.06. The van der Waals surface area contributed by atoms with E-state index in [4.69, 9.17) is 9.84 Å². The molecule has 1 aromatic carbocycles. The molecule has 1 fully saturated rings. The summed E-state index contributed by atoms with van der Waals surface area (Å²) in [6.07, 6.45) is 2.67. The Morgan fingerprint density at radius 1 is 1.38 bits per heavy atom. The fraction of sp³-hybridized carbons (Fsp3) is 0.529. The molecule has 4 heteroatoms. The molecule has 0 bridgehead atoms. The van der Waals surface area contributed by atoms with Crippen LogP contribution in [-0.2, 0) is 6.54 Å². The van der Waals surface area contributed by atoms with Gasteiger partial charge in [-0.1, -0.05) is 11.8 Å². The lowest BCUT2D eigenvalue weighted by Gasteiger charge is -2.23. The number of aliphatic hydroxyl groups excluding tert-OH is 2. The molecule has 1 aromatic rings. The van der Waals surface area contributed by atoms with Crippen LogP contribution in [0.5, 0.6) is 5.75 Å². The van der Waals surface area contributed by atoms with Crippen molar-refractivity contribution >= 4 is 0 Å². The molecule has 0 amide bonds. The number of hydrogen-bond acceptors (Lipinski definition) is 4. The number of ether oxygens (including phenoxy) is 1. The normalized spacial score (nSPS) is 18.3. The van der Waals surface area contributed by atoms with Gasteiger partial charge in [-0.3, -0.25) is 4.90 Å². The Balaban J connectivity index is 2.16. The second-order valence-electron chi connectivity index (χ2n) is 5.25. The predicted octanol–water partition coefficient (Wildman–Crippen LogP) is 1.39. The van der Waals surface area contributed by atoms with Crippen molar-refractivity contribution in [2.45, 2.75) is 31.8 Å². The second-order valence-corrected chi connectivity index (χ2v) is 5.25. The largest absolute Gasteiger partial charge is 0.496 e. The molecule has 0 saturated carbocycles. The summed E-state index contributed by atoms with van der Waals surface area (Å²) in [5, 5.41) is 18.2. The van der Waals surface area contributed by atoms with Gasteiger partial charge < -0.3 is 14.9 Å². The van der Waals surface area contributed by atoms with Gasteiger partial charge >= 0.3 is 0 Å². The van der Waals surface area contributed by atoms with E-state index in [1.807, 2.05) is 18.2 Å². The fourth-order valence-electron chi connectivity index (χ4n) is 2.73. The van der Waals surface area contributed by atoms with Gasteiger partial charge in [-0.05, 0) is 37.6 Å². The number of rotatable bonds is 5. The number of aliphatic hydroxyl groups is 2. The van der Waals surface area contributed by atoms with E-state index in [1.54, 1.807) is 7.11 Å². The first-order valence-corrected chi connectivity index (χ1v) is 7.40. The van der Waals surface area contributed by atoms with Gasteiger partial charge in [0.15, 0.2) is 0 Å². The number of nitrogens with zero attached hydrogens (tertiary/aromatic N) is 1. The van der Waals surface area contributed by atoms with Gasteiger partial charge in [0.25, 0.3) is 0 Å². The third-order valence-electron chi connectivity index (χ3n) is 3.83. The van der Waals surface area contributed by atoms with E-state index in [0.717, 1.165) is 42.8 Å². The molecular weight excluding hydrogens is 266 g/mol. The average molecular weight is 289 g/mol. The molecule has 1 heterocycles. The van der Waals surface area contributed by atoms with Crippen molar-refractivity contribution in [3.05, 3.63) is 29.3 Å². The van der Waals surface area contributed by atoms with Gasteiger partial charge in [-0.25, -0.2) is 0 Å². The Labute approximate surface area is 126 Å². The van der Waals surface area contributed by atoms with Crippen molar-refractivity contribution in [3.8, 4) is 17.6 Å². The van der Waals surface area contributed by atoms with Gasteiger partial charge in [0, 0.05) is 30.1 Å². The van der Waals surface area contributed by atoms with E-state index in [1.165, 1.54) is 0 Å². The summed E-state index contributed by atoms with van der Waals surface area (Å²) < 4.78 is 5.43. The Hall–Kier alpha value is -1.54. The van der Waals surface area contributed by atoms with Crippen LogP contribution in [0, 0.1) is 11.8 Å². The minimum absolute atomic E-state index is 0.0853. The van der Waals surface area contributed by atoms with E-state index in [9.17, 15) is 5.11 Å². The summed E-state index contributed by atoms with van der Waals surface area (Å²) in [5.41, 5.74) is 2.02. The lowest BCUT2D eigenvalue weighted by molar-refractivity contribution is 0.152. The van der Waals surface area contributed by atoms with E-state index < -0.39 is 0 Å². The highest BCUT2D eigenvalue weighted by Crippen LogP contribution is 2.25. The van der Waals surface area contributed by atoms with Crippen molar-refractivity contribution in [1.29, 1.82) is 0 Å². The highest BCUT2D eigenvalue weighted by Gasteiger charge is 2.24. The predicted molar refractivity (Wildman–Crippen MR) is 82.1 cm³/mol. The van der Waals surface area contributed by atoms with E-state index in [2.05, 4.69) is 16.7 Å². The summed E-state index contributed by atoms with van der Waals surface area (Å²) in [7, 11) is 1.67. The van der Waals surface area contributed by atoms with E-state index in [-0.39, 0.29) is 19.3 Å². The fourth-order valence-corrected chi connectivity index (χ4v) is 2.73. The van der Waals surface area contributed by atoms with E-state index in [0.29, 0.717) is 6.42 Å². The van der Waals surface area contributed by atoms with Crippen LogP contribution >= 0.6 is 0 Å². The highest BCUT2D eigenvalue weighted by molar-refractivity contribution is 5.44. The molecule has 1 atom stereocenters. The SMILES string of the molecule is COc1ccc(C#CCCO)cc1CN1CCCC1CO. The van der Waals surface area contributed by atoms with Crippen LogP contribution < -0.4 is 4.74 Å². The van der Waals surface area contributed by atoms with Crippen LogP contribution in [0.2, 0.25) is 0 Å². The Morgan fingerprint density at radius 2 is 2.24 bits per heavy atom. The van der Waals surface area contributed by atoms with Crippen LogP contribution in [0.3, 0.4) is 0 Å². The first kappa shape index (κ1) is 15.8. The number of hydrogen-bond donors (Lipinski definition) is 2. The second kappa shape index (κ2) is 8.04. The van der Waals surface area contributed by atoms with E-state index >= 15 is 0 Å². The zero-order valence-electron chi connectivity index (χ0n) is 12.5. The molecule has 21 heavy (non-hydrogen) atoms. The standard InChI is InChI=1S/C17H23NO3/c1-21-17-8-7-14(5-2-3-10-19)11-15(17)12-18-9-4-6-16(18)13-20/h7-8,11,16,19-20H,3-4,6,9-10,12-13H2,1H3. The van der Waals surface area contributed by atoms with Gasteiger partial charge in [0.2, 0.25) is 0 Å². The molecule has 1 saturated heterocycles. The monoisotopic (exact) mass is 289 g/mol. The van der Waals surface area contributed by atoms with Crippen molar-refractivity contribution in [3.63, 3.8) is 0 Å². The molecule has 0 aliphatic carbocycles. The summed E-state index contributed by atoms with van der Waals surface area (Å²) in [6, 6.07) is 6.15. The van der Waals surface area contributed by atoms with Gasteiger partial charge in [0.1, 0.15) is 5.75 Å². The summed E-state index contributed by atoms with van der Waals surface area (Å²) >= 11 is 0. The van der Waals surface area contributed by atoms with Crippen molar-refractivity contribution < 1.29 is 14.9 Å². The molecule has 2 rings (SSSR count). The molecular formula is C17H23NO3. The quantitative estimate of drug-likeness (QED) is 0.804. The maximum Gasteiger partial charge on any atom is 0.123 e. The first-order chi connectivity index (χ1) is 10.3. The van der Waals surface area contributed by atoms with Crippen molar-refractivity contribution in [1.82, 2.24) is 4.90 Å². The molecule has 0 spiro atoms. The van der Waals surface area contributed by atoms with Gasteiger partial charge in [0.05, 0.1) is 20.3 Å². The Bertz CT molecular complexity index is 519. The third-order valence-corrected chi connectivity index (χ3v) is 3.83. The van der Waals surface area contributed by atoms with Gasteiger partial charge in [-0.15, -0.1) is 0 Å². The number of methoxy groups -OCH3 is 1. The smallest absolute Gasteiger partial charge is 0.123 e. The topological polar surface area (TPSA) is 52.9 Å². The average Bonchev–Trinajstić information content (AvgIpc) is 2.95. The summed E-state index contributed by atoms with van der Waals surface area (Å²) in [4.78, 5) is 2.29. The molecule has 1 unspecified atom stereocenters. The maximum atomic E-state index is 9.42. The maximum absolute atomic E-state index is 9.42. The highest BCUT2D eigenvalue weighted by atomic mass is 16.5. The van der Waals surface area contributed by atoms with Crippen LogP contribution in [0.4, 0.5) is 0 Å². The molecule has 0 aromatic heterocycles. The third kappa shape index (κ3) is 4.21. The van der Waals surface area contributed by atoms with Crippen molar-refractivity contribution in [2.24, 2.45) is 0 Å².